The second-order valence-electron chi connectivity index (χ2n) is 4.38. The highest BCUT2D eigenvalue weighted by molar-refractivity contribution is 9.10. The molecule has 1 nitrogen and oxygen atoms in total. The minimum Gasteiger partial charge on any atom is -0.382 e. The van der Waals surface area contributed by atoms with Crippen molar-refractivity contribution in [3.05, 3.63) is 28.2 Å². The van der Waals surface area contributed by atoms with Gasteiger partial charge in [-0.3, -0.25) is 0 Å². The minimum absolute atomic E-state index is 0.157. The maximum absolute atomic E-state index is 12.6. The monoisotopic (exact) mass is 323 g/mol. The summed E-state index contributed by atoms with van der Waals surface area (Å²) in [5.74, 6) is 0. The number of hydrogen-bond donors (Lipinski definition) is 1. The zero-order valence-electron chi connectivity index (χ0n) is 10.4. The molecule has 1 unspecified atom stereocenters. The number of halogens is 4. The fourth-order valence-corrected chi connectivity index (χ4v) is 2.02. The summed E-state index contributed by atoms with van der Waals surface area (Å²) in [4.78, 5) is 0. The molecule has 18 heavy (non-hydrogen) atoms. The molecule has 0 saturated heterocycles. The van der Waals surface area contributed by atoms with Crippen LogP contribution in [0.2, 0.25) is 0 Å². The van der Waals surface area contributed by atoms with Crippen molar-refractivity contribution in [3.63, 3.8) is 0 Å². The summed E-state index contributed by atoms with van der Waals surface area (Å²) in [6, 6.07) is 3.81. The summed E-state index contributed by atoms with van der Waals surface area (Å²) in [5, 5.41) is 3.11. The molecule has 0 spiro atoms. The van der Waals surface area contributed by atoms with Crippen LogP contribution in [0.15, 0.2) is 22.7 Å². The molecule has 0 amide bonds. The Balaban J connectivity index is 2.81. The minimum atomic E-state index is -4.30. The van der Waals surface area contributed by atoms with E-state index >= 15 is 0 Å². The molecular formula is C13H17BrF3N. The lowest BCUT2D eigenvalue weighted by Crippen LogP contribution is -2.16. The highest BCUT2D eigenvalue weighted by atomic mass is 79.9. The first-order valence-electron chi connectivity index (χ1n) is 5.98. The predicted octanol–water partition coefficient (Wildman–Crippen LogP) is 5.46. The van der Waals surface area contributed by atoms with Crippen LogP contribution in [-0.2, 0) is 6.18 Å². The molecule has 0 heterocycles. The first kappa shape index (κ1) is 15.3. The standard InChI is InChI=1S/C13H17BrF3N/c1-3-4-5-9(2)18-12-8-10(13(15,16)17)6-7-11(12)14/h6-9,18H,3-5H2,1-2H3. The molecule has 0 aliphatic carbocycles. The van der Waals surface area contributed by atoms with Crippen molar-refractivity contribution in [2.45, 2.75) is 45.3 Å². The molecule has 0 aromatic heterocycles. The lowest BCUT2D eigenvalue weighted by molar-refractivity contribution is -0.137. The average Bonchev–Trinajstić information content (AvgIpc) is 2.28. The third kappa shape index (κ3) is 4.52. The van der Waals surface area contributed by atoms with Crippen molar-refractivity contribution < 1.29 is 13.2 Å². The second kappa shape index (κ2) is 6.45. The number of rotatable bonds is 5. The van der Waals surface area contributed by atoms with Crippen molar-refractivity contribution in [2.24, 2.45) is 0 Å². The molecular weight excluding hydrogens is 307 g/mol. The maximum Gasteiger partial charge on any atom is 0.416 e. The molecule has 0 radical (unpaired) electrons. The van der Waals surface area contributed by atoms with E-state index in [-0.39, 0.29) is 6.04 Å². The van der Waals surface area contributed by atoms with Crippen molar-refractivity contribution in [3.8, 4) is 0 Å². The molecule has 0 aliphatic heterocycles. The van der Waals surface area contributed by atoms with Crippen molar-refractivity contribution in [2.75, 3.05) is 5.32 Å². The van der Waals surface area contributed by atoms with Gasteiger partial charge in [0.25, 0.3) is 0 Å². The highest BCUT2D eigenvalue weighted by Gasteiger charge is 2.30. The molecule has 0 fully saturated rings. The van der Waals surface area contributed by atoms with Crippen LogP contribution in [0.1, 0.15) is 38.7 Å². The molecule has 0 aliphatic rings. The van der Waals surface area contributed by atoms with Crippen LogP contribution in [0.25, 0.3) is 0 Å². The fourth-order valence-electron chi connectivity index (χ4n) is 1.66. The average molecular weight is 324 g/mol. The van der Waals surface area contributed by atoms with E-state index < -0.39 is 11.7 Å². The highest BCUT2D eigenvalue weighted by Crippen LogP contribution is 2.34. The first-order chi connectivity index (χ1) is 8.34. The lowest BCUT2D eigenvalue weighted by Gasteiger charge is -2.17. The van der Waals surface area contributed by atoms with Gasteiger partial charge in [0.2, 0.25) is 0 Å². The number of unbranched alkanes of at least 4 members (excludes halogenated alkanes) is 1. The van der Waals surface area contributed by atoms with Gasteiger partial charge in [-0.15, -0.1) is 0 Å². The van der Waals surface area contributed by atoms with Gasteiger partial charge >= 0.3 is 6.18 Å². The van der Waals surface area contributed by atoms with E-state index in [4.69, 9.17) is 0 Å². The van der Waals surface area contributed by atoms with Gasteiger partial charge in [0.15, 0.2) is 0 Å². The first-order valence-corrected chi connectivity index (χ1v) is 6.77. The topological polar surface area (TPSA) is 12.0 Å². The summed E-state index contributed by atoms with van der Waals surface area (Å²) >= 11 is 3.26. The quantitative estimate of drug-likeness (QED) is 0.758. The molecule has 5 heteroatoms. The van der Waals surface area contributed by atoms with Gasteiger partial charge < -0.3 is 5.32 Å². The van der Waals surface area contributed by atoms with Crippen LogP contribution in [0.5, 0.6) is 0 Å². The SMILES string of the molecule is CCCCC(C)Nc1cc(C(F)(F)F)ccc1Br. The van der Waals surface area contributed by atoms with E-state index in [0.717, 1.165) is 31.4 Å². The number of alkyl halides is 3. The third-order valence-electron chi connectivity index (χ3n) is 2.69. The number of anilines is 1. The number of nitrogens with one attached hydrogen (secondary N) is 1. The lowest BCUT2D eigenvalue weighted by atomic mass is 10.1. The molecule has 1 rings (SSSR count). The molecule has 0 saturated carbocycles. The Morgan fingerprint density at radius 3 is 2.56 bits per heavy atom. The Kier molecular flexibility index (Phi) is 5.50. The Labute approximate surface area is 114 Å². The van der Waals surface area contributed by atoms with E-state index in [0.29, 0.717) is 10.2 Å². The van der Waals surface area contributed by atoms with Gasteiger partial charge in [-0.05, 0) is 47.5 Å². The van der Waals surface area contributed by atoms with Crippen molar-refractivity contribution in [1.29, 1.82) is 0 Å². The Morgan fingerprint density at radius 1 is 1.33 bits per heavy atom. The summed E-state index contributed by atoms with van der Waals surface area (Å²) < 4.78 is 38.4. The van der Waals surface area contributed by atoms with Crippen LogP contribution < -0.4 is 5.32 Å². The van der Waals surface area contributed by atoms with E-state index in [1.807, 2.05) is 6.92 Å². The van der Waals surface area contributed by atoms with E-state index in [1.165, 1.54) is 6.07 Å². The van der Waals surface area contributed by atoms with Crippen LogP contribution >= 0.6 is 15.9 Å². The van der Waals surface area contributed by atoms with E-state index in [1.54, 1.807) is 0 Å². The number of benzene rings is 1. The van der Waals surface area contributed by atoms with Gasteiger partial charge in [-0.1, -0.05) is 19.8 Å². The van der Waals surface area contributed by atoms with Crippen molar-refractivity contribution >= 4 is 21.6 Å². The van der Waals surface area contributed by atoms with Gasteiger partial charge in [0.1, 0.15) is 0 Å². The zero-order valence-corrected chi connectivity index (χ0v) is 12.0. The maximum atomic E-state index is 12.6. The fraction of sp³-hybridized carbons (Fsp3) is 0.538. The summed E-state index contributed by atoms with van der Waals surface area (Å²) in [6.45, 7) is 4.06. The Morgan fingerprint density at radius 2 is 2.00 bits per heavy atom. The van der Waals surface area contributed by atoms with E-state index in [9.17, 15) is 13.2 Å². The predicted molar refractivity (Wildman–Crippen MR) is 71.8 cm³/mol. The van der Waals surface area contributed by atoms with Crippen LogP contribution in [0, 0.1) is 0 Å². The van der Waals surface area contributed by atoms with Gasteiger partial charge in [-0.2, -0.15) is 13.2 Å². The Hall–Kier alpha value is -0.710. The third-order valence-corrected chi connectivity index (χ3v) is 3.38. The normalized spacial score (nSPS) is 13.4. The molecule has 102 valence electrons. The molecule has 0 bridgehead atoms. The van der Waals surface area contributed by atoms with Gasteiger partial charge in [0.05, 0.1) is 5.56 Å². The molecule has 1 aromatic carbocycles. The molecule has 1 atom stereocenters. The number of hydrogen-bond acceptors (Lipinski definition) is 1. The summed E-state index contributed by atoms with van der Waals surface area (Å²) in [6.07, 6.45) is -1.22. The largest absolute Gasteiger partial charge is 0.416 e. The smallest absolute Gasteiger partial charge is 0.382 e. The molecule has 1 aromatic rings. The molecule has 1 N–H and O–H groups in total. The van der Waals surface area contributed by atoms with Gasteiger partial charge in [0, 0.05) is 16.2 Å². The zero-order chi connectivity index (χ0) is 13.8. The van der Waals surface area contributed by atoms with Crippen LogP contribution in [-0.4, -0.2) is 6.04 Å². The van der Waals surface area contributed by atoms with Gasteiger partial charge in [-0.25, -0.2) is 0 Å². The van der Waals surface area contributed by atoms with Crippen molar-refractivity contribution in [1.82, 2.24) is 0 Å². The summed E-state index contributed by atoms with van der Waals surface area (Å²) in [7, 11) is 0. The van der Waals surface area contributed by atoms with E-state index in [2.05, 4.69) is 28.2 Å². The van der Waals surface area contributed by atoms with Crippen LogP contribution in [0.3, 0.4) is 0 Å². The van der Waals surface area contributed by atoms with Crippen LogP contribution in [0.4, 0.5) is 18.9 Å². The summed E-state index contributed by atoms with van der Waals surface area (Å²) in [5.41, 5.74) is -0.135. The second-order valence-corrected chi connectivity index (χ2v) is 5.23. The Bertz CT molecular complexity index is 390.